The number of piperidine rings is 1. The highest BCUT2D eigenvalue weighted by Crippen LogP contribution is 2.38. The summed E-state index contributed by atoms with van der Waals surface area (Å²) in [5.74, 6) is -0.171. The van der Waals surface area contributed by atoms with Gasteiger partial charge in [-0.25, -0.2) is 0 Å². The second-order valence-electron chi connectivity index (χ2n) is 7.81. The first-order valence-corrected chi connectivity index (χ1v) is 10.7. The average molecular weight is 446 g/mol. The Kier molecular flexibility index (Phi) is 5.37. The van der Waals surface area contributed by atoms with Gasteiger partial charge in [0.25, 0.3) is 0 Å². The van der Waals surface area contributed by atoms with E-state index in [0.29, 0.717) is 24.5 Å². The Balaban J connectivity index is 1.42. The molecule has 2 heterocycles. The molecule has 2 N–H and O–H groups in total. The number of ether oxygens (including phenoxy) is 1. The number of amides is 2. The molecule has 32 heavy (non-hydrogen) atoms. The van der Waals surface area contributed by atoms with Crippen LogP contribution in [0.4, 0.5) is 0 Å². The van der Waals surface area contributed by atoms with Crippen LogP contribution in [0.3, 0.4) is 0 Å². The standard InChI is InChI=1S/C25H20ClN3O3/c26-24-20(2-1-3-21(24)22-8-9-23(30)28-25(22)31)17-5-4-16-13-19(7-6-15(16)12-17)32-14-18-10-11-27-29-18/h1-7,10-13,22H,8-9,14H2,(H,27,29)(H,28,30,31). The Hall–Kier alpha value is -3.64. The summed E-state index contributed by atoms with van der Waals surface area (Å²) in [6, 6.07) is 19.6. The number of aromatic nitrogens is 2. The molecule has 0 bridgehead atoms. The van der Waals surface area contributed by atoms with Crippen molar-refractivity contribution >= 4 is 34.2 Å². The third-order valence-corrected chi connectivity index (χ3v) is 6.14. The third-order valence-electron chi connectivity index (χ3n) is 5.72. The van der Waals surface area contributed by atoms with Gasteiger partial charge in [-0.3, -0.25) is 20.0 Å². The summed E-state index contributed by atoms with van der Waals surface area (Å²) in [7, 11) is 0. The van der Waals surface area contributed by atoms with Crippen LogP contribution in [0.2, 0.25) is 5.02 Å². The molecule has 1 unspecified atom stereocenters. The van der Waals surface area contributed by atoms with E-state index in [-0.39, 0.29) is 11.8 Å². The summed E-state index contributed by atoms with van der Waals surface area (Å²) in [6.07, 6.45) is 2.48. The summed E-state index contributed by atoms with van der Waals surface area (Å²) >= 11 is 6.75. The highest BCUT2D eigenvalue weighted by Gasteiger charge is 2.30. The van der Waals surface area contributed by atoms with Crippen LogP contribution in [0.15, 0.2) is 66.9 Å². The van der Waals surface area contributed by atoms with E-state index in [1.165, 1.54) is 0 Å². The maximum atomic E-state index is 12.3. The van der Waals surface area contributed by atoms with Crippen molar-refractivity contribution in [1.29, 1.82) is 0 Å². The molecular weight excluding hydrogens is 426 g/mol. The Morgan fingerprint density at radius 1 is 1.03 bits per heavy atom. The monoisotopic (exact) mass is 445 g/mol. The topological polar surface area (TPSA) is 84.1 Å². The molecule has 5 rings (SSSR count). The predicted octanol–water partition coefficient (Wildman–Crippen LogP) is 4.98. The Morgan fingerprint density at radius 2 is 1.88 bits per heavy atom. The fourth-order valence-electron chi connectivity index (χ4n) is 4.04. The van der Waals surface area contributed by atoms with Gasteiger partial charge >= 0.3 is 0 Å². The quantitative estimate of drug-likeness (QED) is 0.424. The van der Waals surface area contributed by atoms with Crippen LogP contribution in [0.25, 0.3) is 21.9 Å². The van der Waals surface area contributed by atoms with Crippen molar-refractivity contribution < 1.29 is 14.3 Å². The molecule has 1 saturated heterocycles. The lowest BCUT2D eigenvalue weighted by molar-refractivity contribution is -0.134. The van der Waals surface area contributed by atoms with Crippen LogP contribution in [0.5, 0.6) is 5.75 Å². The number of carbonyl (C=O) groups is 2. The Bertz CT molecular complexity index is 1320. The van der Waals surface area contributed by atoms with E-state index in [9.17, 15) is 9.59 Å². The van der Waals surface area contributed by atoms with Gasteiger partial charge in [-0.2, -0.15) is 5.10 Å². The molecule has 3 aromatic carbocycles. The van der Waals surface area contributed by atoms with E-state index in [4.69, 9.17) is 16.3 Å². The molecule has 0 radical (unpaired) electrons. The smallest absolute Gasteiger partial charge is 0.234 e. The average Bonchev–Trinajstić information content (AvgIpc) is 3.32. The molecular formula is C25H20ClN3O3. The Morgan fingerprint density at radius 3 is 2.69 bits per heavy atom. The van der Waals surface area contributed by atoms with Gasteiger partial charge < -0.3 is 4.74 Å². The summed E-state index contributed by atoms with van der Waals surface area (Å²) in [6.45, 7) is 0.423. The van der Waals surface area contributed by atoms with Crippen LogP contribution in [-0.4, -0.2) is 22.0 Å². The lowest BCUT2D eigenvalue weighted by Crippen LogP contribution is -2.39. The first-order chi connectivity index (χ1) is 15.6. The van der Waals surface area contributed by atoms with Gasteiger partial charge in [-0.05, 0) is 52.6 Å². The summed E-state index contributed by atoms with van der Waals surface area (Å²) in [5.41, 5.74) is 3.47. The number of hydrogen-bond acceptors (Lipinski definition) is 4. The zero-order valence-electron chi connectivity index (χ0n) is 17.1. The van der Waals surface area contributed by atoms with E-state index in [2.05, 4.69) is 21.6 Å². The van der Waals surface area contributed by atoms with Gasteiger partial charge in [0.05, 0.1) is 16.6 Å². The van der Waals surface area contributed by atoms with Crippen molar-refractivity contribution in [2.45, 2.75) is 25.4 Å². The SMILES string of the molecule is O=C1CCC(c2cccc(-c3ccc4cc(OCc5ccn[nH]5)ccc4c3)c2Cl)C(=O)N1. The summed E-state index contributed by atoms with van der Waals surface area (Å²) in [5, 5.41) is 11.9. The second kappa shape index (κ2) is 8.48. The maximum absolute atomic E-state index is 12.3. The van der Waals surface area contributed by atoms with E-state index >= 15 is 0 Å². The number of benzene rings is 3. The number of carbonyl (C=O) groups excluding carboxylic acids is 2. The number of fused-ring (bicyclic) bond motifs is 1. The zero-order valence-corrected chi connectivity index (χ0v) is 17.9. The molecule has 1 aliphatic rings. The molecule has 4 aromatic rings. The van der Waals surface area contributed by atoms with Crippen molar-refractivity contribution in [2.75, 3.05) is 0 Å². The molecule has 1 fully saturated rings. The minimum Gasteiger partial charge on any atom is -0.487 e. The van der Waals surface area contributed by atoms with Gasteiger partial charge in [0.2, 0.25) is 11.8 Å². The lowest BCUT2D eigenvalue weighted by atomic mass is 9.88. The highest BCUT2D eigenvalue weighted by atomic mass is 35.5. The number of H-pyrrole nitrogens is 1. The zero-order chi connectivity index (χ0) is 22.1. The van der Waals surface area contributed by atoms with Gasteiger partial charge in [0.15, 0.2) is 0 Å². The van der Waals surface area contributed by atoms with E-state index < -0.39 is 5.92 Å². The number of aromatic amines is 1. The number of rotatable bonds is 5. The fourth-order valence-corrected chi connectivity index (χ4v) is 4.41. The first-order valence-electron chi connectivity index (χ1n) is 10.4. The molecule has 0 spiro atoms. The van der Waals surface area contributed by atoms with Crippen LogP contribution in [0, 0.1) is 0 Å². The maximum Gasteiger partial charge on any atom is 0.234 e. The van der Waals surface area contributed by atoms with Gasteiger partial charge in [0, 0.05) is 18.2 Å². The molecule has 7 heteroatoms. The minimum atomic E-state index is -0.421. The molecule has 1 aliphatic heterocycles. The molecule has 0 aliphatic carbocycles. The minimum absolute atomic E-state index is 0.235. The summed E-state index contributed by atoms with van der Waals surface area (Å²) < 4.78 is 5.84. The summed E-state index contributed by atoms with van der Waals surface area (Å²) in [4.78, 5) is 23.8. The largest absolute Gasteiger partial charge is 0.487 e. The van der Waals surface area contributed by atoms with Gasteiger partial charge in [-0.1, -0.05) is 48.0 Å². The van der Waals surface area contributed by atoms with E-state index in [1.54, 1.807) is 6.20 Å². The normalized spacial score (nSPS) is 16.2. The van der Waals surface area contributed by atoms with E-state index in [1.807, 2.05) is 54.6 Å². The van der Waals surface area contributed by atoms with Crippen LogP contribution in [-0.2, 0) is 16.2 Å². The molecule has 2 amide bonds. The first kappa shape index (κ1) is 20.3. The van der Waals surface area contributed by atoms with Crippen molar-refractivity contribution in [3.8, 4) is 16.9 Å². The molecule has 160 valence electrons. The van der Waals surface area contributed by atoms with Crippen molar-refractivity contribution in [1.82, 2.24) is 15.5 Å². The Labute approximate surface area is 189 Å². The number of hydrogen-bond donors (Lipinski definition) is 2. The molecule has 6 nitrogen and oxygen atoms in total. The molecule has 0 saturated carbocycles. The van der Waals surface area contributed by atoms with Gasteiger partial charge in [0.1, 0.15) is 12.4 Å². The molecule has 1 atom stereocenters. The highest BCUT2D eigenvalue weighted by molar-refractivity contribution is 6.34. The van der Waals surface area contributed by atoms with Crippen molar-refractivity contribution in [3.05, 3.63) is 83.1 Å². The number of nitrogens with zero attached hydrogens (tertiary/aromatic N) is 1. The fraction of sp³-hybridized carbons (Fsp3) is 0.160. The van der Waals surface area contributed by atoms with Crippen LogP contribution in [0.1, 0.15) is 30.0 Å². The van der Waals surface area contributed by atoms with Crippen molar-refractivity contribution in [2.24, 2.45) is 0 Å². The second-order valence-corrected chi connectivity index (χ2v) is 8.18. The predicted molar refractivity (Wildman–Crippen MR) is 122 cm³/mol. The lowest BCUT2D eigenvalue weighted by Gasteiger charge is -2.23. The number of halogens is 1. The van der Waals surface area contributed by atoms with Crippen LogP contribution < -0.4 is 10.1 Å². The van der Waals surface area contributed by atoms with Crippen LogP contribution >= 0.6 is 11.6 Å². The molecule has 1 aromatic heterocycles. The number of imide groups is 1. The third kappa shape index (κ3) is 3.97. The van der Waals surface area contributed by atoms with E-state index in [0.717, 1.165) is 38.9 Å². The number of nitrogens with one attached hydrogen (secondary N) is 2. The van der Waals surface area contributed by atoms with Crippen molar-refractivity contribution in [3.63, 3.8) is 0 Å². The van der Waals surface area contributed by atoms with Gasteiger partial charge in [-0.15, -0.1) is 0 Å².